The molecule has 0 aromatic heterocycles. The van der Waals surface area contributed by atoms with Gasteiger partial charge in [0.1, 0.15) is 12.1 Å². The summed E-state index contributed by atoms with van der Waals surface area (Å²) in [5.41, 5.74) is 4.49. The summed E-state index contributed by atoms with van der Waals surface area (Å²) in [6, 6.07) is 25.5. The average Bonchev–Trinajstić information content (AvgIpc) is 3.28. The third-order valence-corrected chi connectivity index (χ3v) is 6.04. The number of ether oxygens (including phenoxy) is 1. The maximum Gasteiger partial charge on any atom is 0.414 e. The molecule has 0 bridgehead atoms. The van der Waals surface area contributed by atoms with Crippen molar-refractivity contribution >= 4 is 29.4 Å². The van der Waals surface area contributed by atoms with Crippen LogP contribution < -0.4 is 0 Å². The summed E-state index contributed by atoms with van der Waals surface area (Å²) >= 11 is 0. The van der Waals surface area contributed by atoms with Crippen LogP contribution in [0.4, 0.5) is 10.5 Å². The number of benzene rings is 3. The van der Waals surface area contributed by atoms with Gasteiger partial charge in [0.15, 0.2) is 0 Å². The number of hydrogen-bond acceptors (Lipinski definition) is 5. The van der Waals surface area contributed by atoms with E-state index in [0.29, 0.717) is 17.7 Å². The topological polar surface area (TPSA) is 96.3 Å². The van der Waals surface area contributed by atoms with E-state index in [1.807, 2.05) is 78.9 Å². The summed E-state index contributed by atoms with van der Waals surface area (Å²) in [7, 11) is 0. The maximum atomic E-state index is 13.2. The molecule has 0 saturated heterocycles. The number of aryl methyl sites for hydroxylation is 1. The Kier molecular flexibility index (Phi) is 7.53. The van der Waals surface area contributed by atoms with Crippen LogP contribution in [-0.2, 0) is 20.7 Å². The molecular formula is C30H30N2O5. The van der Waals surface area contributed by atoms with Gasteiger partial charge in [0, 0.05) is 11.1 Å². The zero-order valence-corrected chi connectivity index (χ0v) is 21.2. The molecule has 0 fully saturated rings. The Labute approximate surface area is 216 Å². The van der Waals surface area contributed by atoms with Crippen molar-refractivity contribution in [3.63, 3.8) is 0 Å². The normalized spacial score (nSPS) is 14.4. The molecule has 190 valence electrons. The number of carbonyl (C=O) groups is 3. The third-order valence-electron chi connectivity index (χ3n) is 6.04. The molecule has 0 radical (unpaired) electrons. The SMILES string of the molecule is CC(C)(C)OC(=O)CN(C(=O)O)C(=O)C1CCc2cc(N=C(c3ccccc3)c3ccccc3)ccc21. The van der Waals surface area contributed by atoms with Gasteiger partial charge in [-0.1, -0.05) is 66.7 Å². The molecule has 0 aliphatic heterocycles. The number of aliphatic imine (C=N–C) groups is 1. The van der Waals surface area contributed by atoms with Crippen molar-refractivity contribution in [3.8, 4) is 0 Å². The summed E-state index contributed by atoms with van der Waals surface area (Å²) in [5.74, 6) is -2.03. The molecular weight excluding hydrogens is 468 g/mol. The van der Waals surface area contributed by atoms with Crippen LogP contribution in [0.5, 0.6) is 0 Å². The van der Waals surface area contributed by atoms with E-state index in [9.17, 15) is 19.5 Å². The fourth-order valence-corrected chi connectivity index (χ4v) is 4.48. The second-order valence-electron chi connectivity index (χ2n) is 9.96. The van der Waals surface area contributed by atoms with Crippen molar-refractivity contribution in [2.75, 3.05) is 6.54 Å². The molecule has 7 nitrogen and oxygen atoms in total. The van der Waals surface area contributed by atoms with Gasteiger partial charge >= 0.3 is 12.1 Å². The van der Waals surface area contributed by atoms with Crippen LogP contribution in [-0.4, -0.2) is 45.8 Å². The van der Waals surface area contributed by atoms with Crippen molar-refractivity contribution in [3.05, 3.63) is 101 Å². The summed E-state index contributed by atoms with van der Waals surface area (Å²) < 4.78 is 5.22. The molecule has 1 aliphatic rings. The Morgan fingerprint density at radius 2 is 1.54 bits per heavy atom. The molecule has 2 amide bonds. The molecule has 1 atom stereocenters. The van der Waals surface area contributed by atoms with E-state index in [1.54, 1.807) is 20.8 Å². The van der Waals surface area contributed by atoms with Crippen LogP contribution in [0.2, 0.25) is 0 Å². The molecule has 0 saturated carbocycles. The molecule has 1 aliphatic carbocycles. The van der Waals surface area contributed by atoms with Gasteiger partial charge < -0.3 is 9.84 Å². The second-order valence-corrected chi connectivity index (χ2v) is 9.96. The average molecular weight is 499 g/mol. The van der Waals surface area contributed by atoms with Crippen LogP contribution in [0.3, 0.4) is 0 Å². The molecule has 0 heterocycles. The van der Waals surface area contributed by atoms with Gasteiger partial charge in [-0.25, -0.2) is 14.7 Å². The van der Waals surface area contributed by atoms with Gasteiger partial charge in [-0.15, -0.1) is 0 Å². The second kappa shape index (κ2) is 10.8. The Hall–Kier alpha value is -4.26. The van der Waals surface area contributed by atoms with Crippen LogP contribution in [0.15, 0.2) is 83.9 Å². The Morgan fingerprint density at radius 1 is 0.946 bits per heavy atom. The van der Waals surface area contributed by atoms with Crippen LogP contribution in [0.1, 0.15) is 55.4 Å². The number of fused-ring (bicyclic) bond motifs is 1. The van der Waals surface area contributed by atoms with Crippen LogP contribution in [0.25, 0.3) is 0 Å². The first-order valence-electron chi connectivity index (χ1n) is 12.2. The predicted octanol–water partition coefficient (Wildman–Crippen LogP) is 5.73. The van der Waals surface area contributed by atoms with E-state index in [-0.39, 0.29) is 0 Å². The van der Waals surface area contributed by atoms with Gasteiger partial charge in [-0.3, -0.25) is 9.59 Å². The first-order valence-corrected chi connectivity index (χ1v) is 12.2. The minimum absolute atomic E-state index is 0.462. The lowest BCUT2D eigenvalue weighted by atomic mass is 9.99. The summed E-state index contributed by atoms with van der Waals surface area (Å²) in [4.78, 5) is 42.8. The molecule has 3 aromatic rings. The molecule has 1 N–H and O–H groups in total. The van der Waals surface area contributed by atoms with Gasteiger partial charge in [0.05, 0.1) is 17.3 Å². The molecule has 7 heteroatoms. The summed E-state index contributed by atoms with van der Waals surface area (Å²) in [5, 5.41) is 9.64. The molecule has 3 aromatic carbocycles. The van der Waals surface area contributed by atoms with Gasteiger partial charge in [-0.05, 0) is 56.9 Å². The first-order chi connectivity index (χ1) is 17.6. The fraction of sp³-hybridized carbons (Fsp3) is 0.267. The fourth-order valence-electron chi connectivity index (χ4n) is 4.48. The lowest BCUT2D eigenvalue weighted by Crippen LogP contribution is -2.43. The number of carbonyl (C=O) groups excluding carboxylic acids is 2. The number of rotatable bonds is 6. The van der Waals surface area contributed by atoms with E-state index < -0.39 is 36.0 Å². The van der Waals surface area contributed by atoms with Gasteiger partial charge in [-0.2, -0.15) is 0 Å². The predicted molar refractivity (Wildman–Crippen MR) is 141 cm³/mol. The highest BCUT2D eigenvalue weighted by molar-refractivity contribution is 6.14. The van der Waals surface area contributed by atoms with Crippen LogP contribution >= 0.6 is 0 Å². The molecule has 1 unspecified atom stereocenters. The lowest BCUT2D eigenvalue weighted by Gasteiger charge is -2.24. The van der Waals surface area contributed by atoms with E-state index in [4.69, 9.17) is 9.73 Å². The van der Waals surface area contributed by atoms with Gasteiger partial charge in [0.2, 0.25) is 5.91 Å². The maximum absolute atomic E-state index is 13.2. The Balaban J connectivity index is 1.60. The zero-order chi connectivity index (χ0) is 26.6. The third kappa shape index (κ3) is 6.30. The molecule has 4 rings (SSSR count). The van der Waals surface area contributed by atoms with Crippen molar-refractivity contribution in [2.24, 2.45) is 4.99 Å². The van der Waals surface area contributed by atoms with Crippen molar-refractivity contribution in [1.82, 2.24) is 4.90 Å². The zero-order valence-electron chi connectivity index (χ0n) is 21.2. The van der Waals surface area contributed by atoms with E-state index in [1.165, 1.54) is 0 Å². The van der Waals surface area contributed by atoms with Gasteiger partial charge in [0.25, 0.3) is 0 Å². The number of esters is 1. The quantitative estimate of drug-likeness (QED) is 0.346. The monoisotopic (exact) mass is 498 g/mol. The van der Waals surface area contributed by atoms with E-state index in [0.717, 1.165) is 33.7 Å². The summed E-state index contributed by atoms with van der Waals surface area (Å²) in [6.45, 7) is 4.42. The van der Waals surface area contributed by atoms with Crippen molar-refractivity contribution < 1.29 is 24.2 Å². The van der Waals surface area contributed by atoms with Crippen molar-refractivity contribution in [1.29, 1.82) is 0 Å². The standard InChI is InChI=1S/C30H30N2O5/c1-30(2,3)37-26(33)19-32(29(35)36)28(34)25-16-14-22-18-23(15-17-24(22)25)31-27(20-10-6-4-7-11-20)21-12-8-5-9-13-21/h4-13,15,17-18,25H,14,16,19H2,1-3H3,(H,35,36). The van der Waals surface area contributed by atoms with Crippen LogP contribution in [0, 0.1) is 0 Å². The molecule has 37 heavy (non-hydrogen) atoms. The smallest absolute Gasteiger partial charge is 0.414 e. The van der Waals surface area contributed by atoms with Crippen molar-refractivity contribution in [2.45, 2.75) is 45.1 Å². The minimum Gasteiger partial charge on any atom is -0.465 e. The largest absolute Gasteiger partial charge is 0.465 e. The highest BCUT2D eigenvalue weighted by atomic mass is 16.6. The number of nitrogens with zero attached hydrogens (tertiary/aromatic N) is 2. The summed E-state index contributed by atoms with van der Waals surface area (Å²) in [6.07, 6.45) is -0.397. The molecule has 0 spiro atoms. The van der Waals surface area contributed by atoms with E-state index in [2.05, 4.69) is 0 Å². The number of imide groups is 1. The lowest BCUT2D eigenvalue weighted by molar-refractivity contribution is -0.158. The minimum atomic E-state index is -1.47. The Bertz CT molecular complexity index is 1290. The first kappa shape index (κ1) is 25.8. The number of hydrogen-bond donors (Lipinski definition) is 1. The number of carboxylic acid groups (broad SMARTS) is 1. The number of amides is 2. The Morgan fingerprint density at radius 3 is 2.08 bits per heavy atom. The van der Waals surface area contributed by atoms with E-state index >= 15 is 0 Å². The highest BCUT2D eigenvalue weighted by Gasteiger charge is 2.36. The highest BCUT2D eigenvalue weighted by Crippen LogP contribution is 2.37.